The third-order valence-electron chi connectivity index (χ3n) is 1.02. The Morgan fingerprint density at radius 3 is 2.46 bits per heavy atom. The van der Waals surface area contributed by atoms with Crippen molar-refractivity contribution < 1.29 is 17.9 Å². The molecule has 0 atom stereocenters. The van der Waals surface area contributed by atoms with Gasteiger partial charge < -0.3 is 4.74 Å². The average molecular weight is 193 g/mol. The first-order chi connectivity index (χ1) is 5.58. The quantitative estimate of drug-likeness (QED) is 0.720. The van der Waals surface area contributed by atoms with Gasteiger partial charge in [-0.2, -0.15) is 13.2 Å². The molecule has 0 spiro atoms. The van der Waals surface area contributed by atoms with E-state index in [9.17, 15) is 13.2 Å². The molecule has 0 N–H and O–H groups in total. The zero-order valence-corrected chi connectivity index (χ0v) is 6.01. The van der Waals surface area contributed by atoms with E-state index in [4.69, 9.17) is 0 Å². The van der Waals surface area contributed by atoms with Gasteiger partial charge in [0.2, 0.25) is 5.88 Å². The van der Waals surface area contributed by atoms with Crippen molar-refractivity contribution >= 4 is 0 Å². The van der Waals surface area contributed by atoms with Crippen molar-refractivity contribution in [1.82, 2.24) is 4.98 Å². The molecule has 1 rings (SSSR count). The monoisotopic (exact) mass is 193 g/mol. The van der Waals surface area contributed by atoms with E-state index in [1.807, 2.05) is 0 Å². The molecule has 0 aliphatic heterocycles. The molecule has 0 fully saturated rings. The number of aromatic nitrogens is 1. The highest BCUT2D eigenvalue weighted by atomic mass is 19.4. The van der Waals surface area contributed by atoms with Gasteiger partial charge >= 0.3 is 6.18 Å². The maximum absolute atomic E-state index is 11.6. The van der Waals surface area contributed by atoms with Gasteiger partial charge in [0.15, 0.2) is 6.61 Å². The summed E-state index contributed by atoms with van der Waals surface area (Å²) in [6.07, 6.45) is -2.94. The van der Waals surface area contributed by atoms with Crippen LogP contribution < -0.4 is 4.74 Å². The Morgan fingerprint density at radius 1 is 1.31 bits per heavy atom. The molecule has 0 bridgehead atoms. The predicted octanol–water partition coefficient (Wildman–Crippen LogP) is 2.66. The first-order valence-corrected chi connectivity index (χ1v) is 3.18. The van der Waals surface area contributed by atoms with E-state index in [1.54, 1.807) is 12.1 Å². The van der Waals surface area contributed by atoms with Crippen LogP contribution in [-0.2, 0) is 0 Å². The van der Waals surface area contributed by atoms with Gasteiger partial charge in [-0.3, -0.25) is 0 Å². The van der Waals surface area contributed by atoms with Crippen LogP contribution in [-0.4, -0.2) is 17.8 Å². The highest BCUT2D eigenvalue weighted by molar-refractivity contribution is 5.09. The molecular weight excluding hydrogens is 183 g/mol. The summed E-state index contributed by atoms with van der Waals surface area (Å²) in [4.78, 5) is 3.56. The van der Waals surface area contributed by atoms with Crippen molar-refractivity contribution in [3.05, 3.63) is 24.4 Å². The van der Waals surface area contributed by atoms with Gasteiger partial charge in [-0.05, 0) is 6.07 Å². The Balaban J connectivity index is 0.00000144. The second kappa shape index (κ2) is 4.69. The molecule has 74 valence electrons. The Labute approximate surface area is 74.4 Å². The molecule has 0 aromatic carbocycles. The number of alkyl halides is 3. The zero-order valence-electron chi connectivity index (χ0n) is 6.01. The molecule has 0 unspecified atom stereocenters. The summed E-state index contributed by atoms with van der Waals surface area (Å²) in [6, 6.07) is 4.52. The molecule has 0 aliphatic carbocycles. The first-order valence-electron chi connectivity index (χ1n) is 3.18. The summed E-state index contributed by atoms with van der Waals surface area (Å²) in [5.74, 6) is -0.0187. The standard InChI is InChI=1S/C7H6F3NO.CH4/c8-7(9,10)5-12-6-3-1-2-4-11-6;/h1-4H,5H2;1H4. The van der Waals surface area contributed by atoms with Crippen molar-refractivity contribution in [2.75, 3.05) is 6.61 Å². The lowest BCUT2D eigenvalue weighted by atomic mass is 10.5. The van der Waals surface area contributed by atoms with Crippen LogP contribution in [0.1, 0.15) is 7.43 Å². The van der Waals surface area contributed by atoms with E-state index in [0.717, 1.165) is 0 Å². The van der Waals surface area contributed by atoms with E-state index in [1.165, 1.54) is 12.3 Å². The highest BCUT2D eigenvalue weighted by Gasteiger charge is 2.28. The Morgan fingerprint density at radius 2 is 2.00 bits per heavy atom. The van der Waals surface area contributed by atoms with Crippen LogP contribution in [0.5, 0.6) is 5.88 Å². The van der Waals surface area contributed by atoms with Crippen LogP contribution in [0, 0.1) is 0 Å². The highest BCUT2D eigenvalue weighted by Crippen LogP contribution is 2.16. The molecule has 0 aliphatic rings. The maximum Gasteiger partial charge on any atom is 0.422 e. The summed E-state index contributed by atoms with van der Waals surface area (Å²) in [5, 5.41) is 0. The lowest BCUT2D eigenvalue weighted by molar-refractivity contribution is -0.154. The van der Waals surface area contributed by atoms with Crippen LogP contribution in [0.4, 0.5) is 13.2 Å². The molecule has 1 aromatic heterocycles. The summed E-state index contributed by atoms with van der Waals surface area (Å²) in [5.41, 5.74) is 0. The van der Waals surface area contributed by atoms with Crippen molar-refractivity contribution in [3.63, 3.8) is 0 Å². The minimum Gasteiger partial charge on any atom is -0.468 e. The Kier molecular flexibility index (Phi) is 4.23. The molecule has 0 radical (unpaired) electrons. The van der Waals surface area contributed by atoms with Gasteiger partial charge in [0.25, 0.3) is 0 Å². The van der Waals surface area contributed by atoms with Gasteiger partial charge in [-0.15, -0.1) is 0 Å². The second-order valence-corrected chi connectivity index (χ2v) is 2.07. The molecule has 1 aromatic rings. The molecule has 13 heavy (non-hydrogen) atoms. The van der Waals surface area contributed by atoms with Gasteiger partial charge in [0.05, 0.1) is 0 Å². The van der Waals surface area contributed by atoms with Crippen LogP contribution in [0.15, 0.2) is 24.4 Å². The van der Waals surface area contributed by atoms with Gasteiger partial charge in [-0.1, -0.05) is 13.5 Å². The fourth-order valence-corrected chi connectivity index (χ4v) is 0.588. The smallest absolute Gasteiger partial charge is 0.422 e. The largest absolute Gasteiger partial charge is 0.468 e. The molecule has 5 heteroatoms. The second-order valence-electron chi connectivity index (χ2n) is 2.07. The van der Waals surface area contributed by atoms with Crippen molar-refractivity contribution in [3.8, 4) is 5.88 Å². The van der Waals surface area contributed by atoms with Crippen LogP contribution >= 0.6 is 0 Å². The first kappa shape index (κ1) is 11.7. The summed E-state index contributed by atoms with van der Waals surface area (Å²) in [7, 11) is 0. The zero-order chi connectivity index (χ0) is 9.03. The number of halogens is 3. The minimum atomic E-state index is -4.31. The number of nitrogens with zero attached hydrogens (tertiary/aromatic N) is 1. The van der Waals surface area contributed by atoms with Gasteiger partial charge in [-0.25, -0.2) is 4.98 Å². The van der Waals surface area contributed by atoms with Gasteiger partial charge in [0.1, 0.15) is 0 Å². The molecule has 0 amide bonds. The van der Waals surface area contributed by atoms with E-state index < -0.39 is 12.8 Å². The maximum atomic E-state index is 11.6. The van der Waals surface area contributed by atoms with Gasteiger partial charge in [0, 0.05) is 12.3 Å². The number of pyridine rings is 1. The Hall–Kier alpha value is -1.26. The fraction of sp³-hybridized carbons (Fsp3) is 0.375. The van der Waals surface area contributed by atoms with Crippen LogP contribution in [0.3, 0.4) is 0 Å². The Bertz CT molecular complexity index is 235. The summed E-state index contributed by atoms with van der Waals surface area (Å²) < 4.78 is 39.1. The normalized spacial score (nSPS) is 10.4. The van der Waals surface area contributed by atoms with E-state index in [0.29, 0.717) is 0 Å². The van der Waals surface area contributed by atoms with Crippen LogP contribution in [0.25, 0.3) is 0 Å². The summed E-state index contributed by atoms with van der Waals surface area (Å²) >= 11 is 0. The minimum absolute atomic E-state index is 0. The number of hydrogen-bond acceptors (Lipinski definition) is 2. The topological polar surface area (TPSA) is 22.1 Å². The molecular formula is C8H10F3NO. The molecule has 2 nitrogen and oxygen atoms in total. The number of ether oxygens (including phenoxy) is 1. The summed E-state index contributed by atoms with van der Waals surface area (Å²) in [6.45, 7) is -1.30. The third kappa shape index (κ3) is 5.05. The van der Waals surface area contributed by atoms with E-state index in [-0.39, 0.29) is 13.3 Å². The lowest BCUT2D eigenvalue weighted by Gasteiger charge is -2.06. The molecule has 0 saturated heterocycles. The SMILES string of the molecule is C.FC(F)(F)COc1ccccn1. The lowest BCUT2D eigenvalue weighted by Crippen LogP contribution is -2.19. The predicted molar refractivity (Wildman–Crippen MR) is 42.5 cm³/mol. The molecule has 1 heterocycles. The van der Waals surface area contributed by atoms with Crippen molar-refractivity contribution in [1.29, 1.82) is 0 Å². The fourth-order valence-electron chi connectivity index (χ4n) is 0.588. The number of hydrogen-bond donors (Lipinski definition) is 0. The number of rotatable bonds is 2. The third-order valence-corrected chi connectivity index (χ3v) is 1.02. The van der Waals surface area contributed by atoms with Crippen molar-refractivity contribution in [2.24, 2.45) is 0 Å². The van der Waals surface area contributed by atoms with Crippen molar-refractivity contribution in [2.45, 2.75) is 13.6 Å². The van der Waals surface area contributed by atoms with E-state index in [2.05, 4.69) is 9.72 Å². The molecule has 0 saturated carbocycles. The van der Waals surface area contributed by atoms with Crippen LogP contribution in [0.2, 0.25) is 0 Å². The van der Waals surface area contributed by atoms with E-state index >= 15 is 0 Å². The average Bonchev–Trinajstić information content (AvgIpc) is 2.02.